The Bertz CT molecular complexity index is 5870. The molecular formula is C60H40N2OSi. The van der Waals surface area contributed by atoms with Gasteiger partial charge < -0.3 is 13.6 Å². The quantitative estimate of drug-likeness (QED) is 0.116. The molecule has 0 amide bonds. The number of hydrogen-bond donors (Lipinski definition) is 0. The predicted octanol–water partition coefficient (Wildman–Crippen LogP) is 12.8. The molecule has 3 aromatic heterocycles. The molecule has 1 atom stereocenters. The first-order valence-electron chi connectivity index (χ1n) is 36.7. The van der Waals surface area contributed by atoms with Crippen molar-refractivity contribution in [3.05, 3.63) is 242 Å². The van der Waals surface area contributed by atoms with Gasteiger partial charge >= 0.3 is 0 Å². The molecule has 0 N–H and O–H groups in total. The molecule has 3 heterocycles. The van der Waals surface area contributed by atoms with Crippen molar-refractivity contribution < 1.29 is 52.4 Å². The highest BCUT2D eigenvalue weighted by Gasteiger charge is 2.42. The van der Waals surface area contributed by atoms with Crippen LogP contribution in [0.25, 0.3) is 88.1 Å². The van der Waals surface area contributed by atoms with Crippen molar-refractivity contribution in [1.29, 1.82) is 0 Å². The average Bonchev–Trinajstić information content (AvgIpc) is 1.65. The lowest BCUT2D eigenvalue weighted by Crippen LogP contribution is -2.74. The summed E-state index contributed by atoms with van der Waals surface area (Å²) in [6.45, 7) is 0. The van der Waals surface area contributed by atoms with Crippen molar-refractivity contribution in [1.82, 2.24) is 9.13 Å². The molecule has 13 rings (SSSR count). The summed E-state index contributed by atoms with van der Waals surface area (Å²) < 4.78 is 337. The zero-order valence-electron chi connectivity index (χ0n) is 67.2. The number of para-hydroxylation sites is 4. The first kappa shape index (κ1) is 15.9. The summed E-state index contributed by atoms with van der Waals surface area (Å²) in [6.07, 6.45) is 0. The lowest BCUT2D eigenvalue weighted by atomic mass is 10.1. The van der Waals surface area contributed by atoms with Gasteiger partial charge in [0.05, 0.1) is 81.1 Å². The zero-order chi connectivity index (χ0) is 72.7. The van der Waals surface area contributed by atoms with E-state index in [1.54, 1.807) is 0 Å². The maximum Gasteiger partial charge on any atom is 0.179 e. The molecule has 10 aromatic carbocycles. The van der Waals surface area contributed by atoms with E-state index in [1.807, 2.05) is 0 Å². The van der Waals surface area contributed by atoms with Crippen LogP contribution in [0.4, 0.5) is 0 Å². The molecule has 0 radical (unpaired) electrons. The van der Waals surface area contributed by atoms with E-state index in [1.165, 1.54) is 30.3 Å². The third-order valence-electron chi connectivity index (χ3n) is 10.9. The van der Waals surface area contributed by atoms with Crippen LogP contribution in [-0.4, -0.2) is 17.2 Å². The number of furan rings is 1. The molecule has 0 aliphatic rings. The second kappa shape index (κ2) is 14.5. The molecule has 0 saturated carbocycles. The van der Waals surface area contributed by atoms with Crippen molar-refractivity contribution in [2.45, 2.75) is 0 Å². The summed E-state index contributed by atoms with van der Waals surface area (Å²) in [5, 5.41) is -7.35. The van der Waals surface area contributed by atoms with Gasteiger partial charge in [0, 0.05) is 32.6 Å². The topological polar surface area (TPSA) is 23.0 Å². The van der Waals surface area contributed by atoms with E-state index in [9.17, 15) is 31.5 Å². The number of aromatic nitrogens is 2. The molecule has 0 bridgehead atoms. The monoisotopic (exact) mass is 868 g/mol. The van der Waals surface area contributed by atoms with E-state index >= 15 is 0 Å². The number of nitrogens with zero attached hydrogens (tertiary/aromatic N) is 2. The van der Waals surface area contributed by atoms with Gasteiger partial charge in [0.25, 0.3) is 0 Å². The highest BCUT2D eigenvalue weighted by molar-refractivity contribution is 7.20. The maximum absolute atomic E-state index is 11.0. The Morgan fingerprint density at radius 3 is 1.62 bits per heavy atom. The predicted molar refractivity (Wildman–Crippen MR) is 271 cm³/mol. The first-order chi connectivity index (χ1) is 46.3. The van der Waals surface area contributed by atoms with Gasteiger partial charge in [0.1, 0.15) is 5.58 Å². The minimum Gasteiger partial charge on any atom is -0.454 e. The van der Waals surface area contributed by atoms with Crippen LogP contribution in [0.3, 0.4) is 0 Å². The van der Waals surface area contributed by atoms with Crippen molar-refractivity contribution in [2.24, 2.45) is 0 Å². The molecule has 3 nitrogen and oxygen atoms in total. The lowest BCUT2D eigenvalue weighted by Gasteiger charge is -2.35. The van der Waals surface area contributed by atoms with Crippen molar-refractivity contribution in [3.63, 3.8) is 0 Å². The largest absolute Gasteiger partial charge is 0.454 e. The van der Waals surface area contributed by atoms with Crippen LogP contribution in [0.15, 0.2) is 246 Å². The van der Waals surface area contributed by atoms with E-state index in [0.717, 1.165) is 4.57 Å². The number of rotatable bonds is 7. The SMILES string of the molecule is [2H]c1c([2H])c([2H])c(-c2c([2H])c([2H])c([2H])c([Si](c3ccccc3)(c3c([2H])c([2H])c([2H])c([2H])c3[2H])c3c([2H])c([2H])c([2H])c(-n4c5c([2H])c([2H])c([2H])c([2H])c5c5c([2H])c(-n6c7c([2H])c([2H])c([2H])c([2H])c7c7c([2H])c([2H])c([2H])c([2H])c76)c6oc7c([2H])c([2H])c([2H])c([2H])c7c6c54)c3[2H])c2[2H])c([2H])c1[2H]. The van der Waals surface area contributed by atoms with Crippen LogP contribution in [0.1, 0.15) is 48.0 Å². The van der Waals surface area contributed by atoms with Gasteiger partial charge in [-0.25, -0.2) is 0 Å². The Morgan fingerprint density at radius 2 is 0.922 bits per heavy atom. The Kier molecular flexibility index (Phi) is 3.58. The van der Waals surface area contributed by atoms with Gasteiger partial charge in [-0.2, -0.15) is 0 Å². The number of hydrogen-bond acceptors (Lipinski definition) is 1. The Morgan fingerprint density at radius 1 is 0.391 bits per heavy atom. The van der Waals surface area contributed by atoms with E-state index in [-0.39, 0.29) is 5.19 Å². The average molecular weight is 868 g/mol. The standard InChI is InChI=1S/C60H40N2OSi/c1-4-20-41(21-5-1)42-22-18-28-46(38-42)64(44-24-6-2-7-25-44,45-26-8-3-9-27-45)47-29-19-23-43(39-47)61-53-34-14-12-32-50(53)52-40-56(60-58(59(52)61)51-33-13-17-37-57(51)63-60)62-54-35-15-10-30-48(54)49-31-11-16-36-55(49)62/h1-40H/i1D,2D,4D,5D,6D,7D,10D,11D,12D,13D,14D,15D,16D,17D,18D,19D,20D,21D,22D,23D,24D,25D,28D,29D,30D,31D,32D,33D,34D,35D,36D,37D,38D,39D,40D. The summed E-state index contributed by atoms with van der Waals surface area (Å²) in [4.78, 5) is 0. The molecule has 0 aliphatic carbocycles. The minimum atomic E-state index is -6.14. The lowest BCUT2D eigenvalue weighted by molar-refractivity contribution is 0.666. The van der Waals surface area contributed by atoms with Gasteiger partial charge in [-0.15, -0.1) is 0 Å². The normalized spacial score (nSPS) is 20.5. The van der Waals surface area contributed by atoms with E-state index in [4.69, 9.17) is 20.9 Å². The van der Waals surface area contributed by atoms with Gasteiger partial charge in [0.2, 0.25) is 0 Å². The summed E-state index contributed by atoms with van der Waals surface area (Å²) in [5.74, 6) is 0. The van der Waals surface area contributed by atoms with Gasteiger partial charge in [-0.3, -0.25) is 0 Å². The molecule has 0 fully saturated rings. The summed E-state index contributed by atoms with van der Waals surface area (Å²) in [7, 11) is -6.14. The summed E-state index contributed by atoms with van der Waals surface area (Å²) >= 11 is 0. The summed E-state index contributed by atoms with van der Waals surface area (Å²) in [6, 6.07) is -30.6. The molecule has 0 aliphatic heterocycles. The second-order valence-corrected chi connectivity index (χ2v) is 17.7. The maximum atomic E-state index is 11.0. The Hall–Kier alpha value is -8.18. The molecule has 4 heteroatoms. The summed E-state index contributed by atoms with van der Waals surface area (Å²) in [5.41, 5.74) is -8.39. The second-order valence-electron chi connectivity index (χ2n) is 14.1. The highest BCUT2D eigenvalue weighted by Crippen LogP contribution is 2.45. The molecule has 1 unspecified atom stereocenters. The van der Waals surface area contributed by atoms with Crippen LogP contribution in [-0.2, 0) is 0 Å². The molecule has 0 saturated heterocycles. The number of benzene rings is 10. The van der Waals surface area contributed by atoms with Gasteiger partial charge in [-0.1, -0.05) is 200 Å². The third kappa shape index (κ3) is 5.33. The zero-order valence-corrected chi connectivity index (χ0v) is 33.2. The highest BCUT2D eigenvalue weighted by atomic mass is 28.3. The smallest absolute Gasteiger partial charge is 0.179 e. The molecule has 0 spiro atoms. The van der Waals surface area contributed by atoms with Crippen LogP contribution in [0.5, 0.6) is 0 Å². The van der Waals surface area contributed by atoms with E-state index in [0.29, 0.717) is 4.57 Å². The fourth-order valence-electron chi connectivity index (χ4n) is 8.37. The van der Waals surface area contributed by atoms with Crippen molar-refractivity contribution in [2.75, 3.05) is 0 Å². The van der Waals surface area contributed by atoms with Gasteiger partial charge in [-0.05, 0) is 74.2 Å². The Balaban J connectivity index is 1.37. The van der Waals surface area contributed by atoms with Crippen LogP contribution < -0.4 is 20.7 Å². The fraction of sp³-hybridized carbons (Fsp3) is 0. The van der Waals surface area contributed by atoms with Crippen LogP contribution >= 0.6 is 0 Å². The fourth-order valence-corrected chi connectivity index (χ4v) is 12.3. The molecular weight excluding hydrogens is 793 g/mol. The molecule has 300 valence electrons. The van der Waals surface area contributed by atoms with E-state index in [2.05, 4.69) is 0 Å². The minimum absolute atomic E-state index is 0.358. The van der Waals surface area contributed by atoms with Crippen molar-refractivity contribution >= 4 is 94.4 Å². The van der Waals surface area contributed by atoms with Crippen LogP contribution in [0, 0.1) is 0 Å². The third-order valence-corrected chi connectivity index (χ3v) is 15.1. The van der Waals surface area contributed by atoms with Gasteiger partial charge in [0.15, 0.2) is 13.7 Å². The Labute approximate surface area is 420 Å². The molecule has 64 heavy (non-hydrogen) atoms. The van der Waals surface area contributed by atoms with Crippen LogP contribution in [0.2, 0.25) is 0 Å². The van der Waals surface area contributed by atoms with E-state index < -0.39 is 323 Å². The van der Waals surface area contributed by atoms with Crippen molar-refractivity contribution in [3.8, 4) is 22.5 Å². The molecule has 13 aromatic rings. The first-order valence-corrected chi connectivity index (χ1v) is 21.2. The number of fused-ring (bicyclic) bond motifs is 10.